The molecular formula is C19H25IN4O4. The molecule has 9 heteroatoms. The first-order valence-corrected chi connectivity index (χ1v) is 8.53. The van der Waals surface area contributed by atoms with Crippen molar-refractivity contribution in [3.63, 3.8) is 0 Å². The van der Waals surface area contributed by atoms with E-state index >= 15 is 0 Å². The number of benzene rings is 2. The zero-order valence-electron chi connectivity index (χ0n) is 16.1. The number of aliphatic imine (C=N–C) groups is 1. The first-order valence-electron chi connectivity index (χ1n) is 8.53. The topological polar surface area (TPSA) is 98.0 Å². The summed E-state index contributed by atoms with van der Waals surface area (Å²) in [5, 5.41) is 17.3. The summed E-state index contributed by atoms with van der Waals surface area (Å²) in [6.45, 7) is 3.50. The van der Waals surface area contributed by atoms with E-state index in [-0.39, 0.29) is 29.7 Å². The van der Waals surface area contributed by atoms with Crippen LogP contribution in [0.25, 0.3) is 0 Å². The number of methoxy groups -OCH3 is 2. The highest BCUT2D eigenvalue weighted by atomic mass is 127. The molecule has 0 radical (unpaired) electrons. The molecule has 152 valence electrons. The van der Waals surface area contributed by atoms with Gasteiger partial charge in [0.2, 0.25) is 0 Å². The molecule has 0 fully saturated rings. The molecule has 0 saturated carbocycles. The van der Waals surface area contributed by atoms with Crippen LogP contribution in [0.3, 0.4) is 0 Å². The van der Waals surface area contributed by atoms with Crippen molar-refractivity contribution < 1.29 is 14.4 Å². The average Bonchev–Trinajstić information content (AvgIpc) is 2.70. The monoisotopic (exact) mass is 500 g/mol. The lowest BCUT2D eigenvalue weighted by atomic mass is 10.2. The number of hydrogen-bond acceptors (Lipinski definition) is 5. The number of guanidine groups is 1. The normalized spacial score (nSPS) is 10.6. The van der Waals surface area contributed by atoms with Crippen molar-refractivity contribution in [2.75, 3.05) is 20.8 Å². The molecule has 2 aromatic rings. The fraction of sp³-hybridized carbons (Fsp3) is 0.316. The maximum Gasteiger partial charge on any atom is 0.269 e. The molecule has 0 spiro atoms. The van der Waals surface area contributed by atoms with Crippen molar-refractivity contribution in [1.82, 2.24) is 10.6 Å². The number of halogens is 1. The van der Waals surface area contributed by atoms with Crippen LogP contribution < -0.4 is 20.1 Å². The van der Waals surface area contributed by atoms with E-state index in [1.165, 1.54) is 12.1 Å². The number of nitro groups is 1. The van der Waals surface area contributed by atoms with Crippen molar-refractivity contribution >= 4 is 35.6 Å². The molecule has 2 rings (SSSR count). The average molecular weight is 500 g/mol. The zero-order chi connectivity index (χ0) is 19.6. The molecule has 28 heavy (non-hydrogen) atoms. The van der Waals surface area contributed by atoms with Crippen LogP contribution in [-0.4, -0.2) is 31.6 Å². The Bertz CT molecular complexity index is 814. The van der Waals surface area contributed by atoms with Gasteiger partial charge >= 0.3 is 0 Å². The molecule has 0 bridgehead atoms. The van der Waals surface area contributed by atoms with Gasteiger partial charge in [-0.1, -0.05) is 12.1 Å². The Labute approximate surface area is 181 Å². The van der Waals surface area contributed by atoms with E-state index < -0.39 is 4.92 Å². The standard InChI is InChI=1S/C19H24N4O4.HI/c1-4-20-19(21-12-14-6-5-7-16(10-14)23(24)25)22-13-15-8-9-17(26-2)11-18(15)27-3;/h5-11H,4,12-13H2,1-3H3,(H2,20,21,22);1H. The summed E-state index contributed by atoms with van der Waals surface area (Å²) < 4.78 is 10.6. The number of non-ortho nitro benzene ring substituents is 1. The molecule has 0 aliphatic carbocycles. The van der Waals surface area contributed by atoms with E-state index in [0.29, 0.717) is 25.6 Å². The number of nitrogens with zero attached hydrogens (tertiary/aromatic N) is 2. The van der Waals surface area contributed by atoms with Gasteiger partial charge in [-0.2, -0.15) is 0 Å². The molecule has 0 aliphatic heterocycles. The lowest BCUT2D eigenvalue weighted by Gasteiger charge is -2.14. The first-order chi connectivity index (χ1) is 13.1. The third-order valence-corrected chi connectivity index (χ3v) is 3.83. The maximum absolute atomic E-state index is 10.9. The maximum atomic E-state index is 10.9. The highest BCUT2D eigenvalue weighted by Gasteiger charge is 2.08. The SMILES string of the molecule is CCNC(=NCc1cccc([N+](=O)[O-])c1)NCc1ccc(OC)cc1OC.I. The fourth-order valence-electron chi connectivity index (χ4n) is 2.46. The Kier molecular flexibility index (Phi) is 10.1. The largest absolute Gasteiger partial charge is 0.497 e. The van der Waals surface area contributed by atoms with E-state index in [4.69, 9.17) is 9.47 Å². The Balaban J connectivity index is 0.00000392. The Hall–Kier alpha value is -2.56. The number of nitro benzene ring substituents is 1. The number of rotatable bonds is 8. The molecule has 0 heterocycles. The van der Waals surface area contributed by atoms with Crippen LogP contribution in [0.5, 0.6) is 11.5 Å². The molecule has 2 N–H and O–H groups in total. The predicted molar refractivity (Wildman–Crippen MR) is 120 cm³/mol. The second-order valence-corrected chi connectivity index (χ2v) is 5.65. The van der Waals surface area contributed by atoms with Crippen molar-refractivity contribution in [1.29, 1.82) is 0 Å². The molecule has 2 aromatic carbocycles. The van der Waals surface area contributed by atoms with E-state index in [9.17, 15) is 10.1 Å². The van der Waals surface area contributed by atoms with Crippen molar-refractivity contribution in [2.24, 2.45) is 4.99 Å². The highest BCUT2D eigenvalue weighted by molar-refractivity contribution is 14.0. The van der Waals surface area contributed by atoms with E-state index in [1.54, 1.807) is 20.3 Å². The van der Waals surface area contributed by atoms with Crippen LogP contribution in [0.4, 0.5) is 5.69 Å². The van der Waals surface area contributed by atoms with Gasteiger partial charge < -0.3 is 20.1 Å². The number of nitrogens with one attached hydrogen (secondary N) is 2. The summed E-state index contributed by atoms with van der Waals surface area (Å²) in [6.07, 6.45) is 0. The lowest BCUT2D eigenvalue weighted by molar-refractivity contribution is -0.384. The summed E-state index contributed by atoms with van der Waals surface area (Å²) in [5.41, 5.74) is 1.78. The van der Waals surface area contributed by atoms with Gasteiger partial charge in [0.05, 0.1) is 25.7 Å². The van der Waals surface area contributed by atoms with Crippen LogP contribution >= 0.6 is 24.0 Å². The van der Waals surface area contributed by atoms with Gasteiger partial charge in [0, 0.05) is 36.9 Å². The molecular weight excluding hydrogens is 475 g/mol. The van der Waals surface area contributed by atoms with Crippen molar-refractivity contribution in [2.45, 2.75) is 20.0 Å². The van der Waals surface area contributed by atoms with Crippen LogP contribution in [0, 0.1) is 10.1 Å². The number of hydrogen-bond donors (Lipinski definition) is 2. The first kappa shape index (κ1) is 23.5. The minimum atomic E-state index is -0.410. The van der Waals surface area contributed by atoms with Crippen LogP contribution in [0.2, 0.25) is 0 Å². The molecule has 8 nitrogen and oxygen atoms in total. The minimum Gasteiger partial charge on any atom is -0.497 e. The molecule has 0 aliphatic rings. The number of ether oxygens (including phenoxy) is 2. The van der Waals surface area contributed by atoms with Gasteiger partial charge in [0.15, 0.2) is 5.96 Å². The summed E-state index contributed by atoms with van der Waals surface area (Å²) in [7, 11) is 3.22. The fourth-order valence-corrected chi connectivity index (χ4v) is 2.46. The second kappa shape index (κ2) is 12.0. The zero-order valence-corrected chi connectivity index (χ0v) is 18.4. The summed E-state index contributed by atoms with van der Waals surface area (Å²) >= 11 is 0. The smallest absolute Gasteiger partial charge is 0.269 e. The second-order valence-electron chi connectivity index (χ2n) is 5.65. The third kappa shape index (κ3) is 6.87. The Morgan fingerprint density at radius 1 is 1.14 bits per heavy atom. The van der Waals surface area contributed by atoms with Crippen LogP contribution in [0.1, 0.15) is 18.1 Å². The molecule has 0 saturated heterocycles. The van der Waals surface area contributed by atoms with E-state index in [2.05, 4.69) is 15.6 Å². The van der Waals surface area contributed by atoms with E-state index in [0.717, 1.165) is 22.6 Å². The highest BCUT2D eigenvalue weighted by Crippen LogP contribution is 2.24. The van der Waals surface area contributed by atoms with Gasteiger partial charge in [0.25, 0.3) is 5.69 Å². The predicted octanol–water partition coefficient (Wildman–Crippen LogP) is 3.49. The Morgan fingerprint density at radius 2 is 1.93 bits per heavy atom. The summed E-state index contributed by atoms with van der Waals surface area (Å²) in [4.78, 5) is 15.0. The van der Waals surface area contributed by atoms with Crippen molar-refractivity contribution in [3.05, 3.63) is 63.7 Å². The minimum absolute atomic E-state index is 0. The van der Waals surface area contributed by atoms with Crippen LogP contribution in [0.15, 0.2) is 47.5 Å². The molecule has 0 amide bonds. The molecule has 0 atom stereocenters. The van der Waals surface area contributed by atoms with Gasteiger partial charge in [-0.05, 0) is 24.6 Å². The van der Waals surface area contributed by atoms with Crippen molar-refractivity contribution in [3.8, 4) is 11.5 Å². The van der Waals surface area contributed by atoms with Gasteiger partial charge in [0.1, 0.15) is 11.5 Å². The van der Waals surface area contributed by atoms with Gasteiger partial charge in [-0.15, -0.1) is 24.0 Å². The third-order valence-electron chi connectivity index (χ3n) is 3.83. The summed E-state index contributed by atoms with van der Waals surface area (Å²) in [5.74, 6) is 2.06. The Morgan fingerprint density at radius 3 is 2.57 bits per heavy atom. The molecule has 0 aromatic heterocycles. The van der Waals surface area contributed by atoms with Gasteiger partial charge in [-0.25, -0.2) is 4.99 Å². The lowest BCUT2D eigenvalue weighted by Crippen LogP contribution is -2.36. The van der Waals surface area contributed by atoms with E-state index in [1.807, 2.05) is 31.2 Å². The summed E-state index contributed by atoms with van der Waals surface area (Å²) in [6, 6.07) is 12.1. The molecule has 0 unspecified atom stereocenters. The van der Waals surface area contributed by atoms with Gasteiger partial charge in [-0.3, -0.25) is 10.1 Å². The quantitative estimate of drug-likeness (QED) is 0.189. The van der Waals surface area contributed by atoms with Crippen LogP contribution in [-0.2, 0) is 13.1 Å².